The highest BCUT2D eigenvalue weighted by molar-refractivity contribution is 7.98. The summed E-state index contributed by atoms with van der Waals surface area (Å²) < 4.78 is 37.4. The van der Waals surface area contributed by atoms with Crippen LogP contribution in [0.1, 0.15) is 22.3 Å². The summed E-state index contributed by atoms with van der Waals surface area (Å²) in [4.78, 5) is 23.5. The summed E-state index contributed by atoms with van der Waals surface area (Å²) in [6.07, 6.45) is -2.26. The van der Waals surface area contributed by atoms with E-state index in [9.17, 15) is 22.8 Å². The predicted octanol–water partition coefficient (Wildman–Crippen LogP) is 1.55. The van der Waals surface area contributed by atoms with Gasteiger partial charge in [-0.25, -0.2) is 5.84 Å². The Morgan fingerprint density at radius 3 is 2.32 bits per heavy atom. The molecule has 0 aliphatic heterocycles. The van der Waals surface area contributed by atoms with E-state index in [2.05, 4.69) is 5.32 Å². The lowest BCUT2D eigenvalue weighted by atomic mass is 10.1. The summed E-state index contributed by atoms with van der Waals surface area (Å²) in [6.45, 7) is 0. The van der Waals surface area contributed by atoms with E-state index < -0.39 is 29.6 Å². The Hall–Kier alpha value is -1.74. The summed E-state index contributed by atoms with van der Waals surface area (Å²) in [6, 6.07) is 2.91. The summed E-state index contributed by atoms with van der Waals surface area (Å²) >= 11 is 1.49. The Bertz CT molecular complexity index is 520. The van der Waals surface area contributed by atoms with Crippen molar-refractivity contribution in [3.8, 4) is 0 Å². The quantitative estimate of drug-likeness (QED) is 0.418. The van der Waals surface area contributed by atoms with Gasteiger partial charge in [0.25, 0.3) is 11.8 Å². The lowest BCUT2D eigenvalue weighted by molar-refractivity contribution is -0.137. The Morgan fingerprint density at radius 1 is 1.27 bits per heavy atom. The maximum Gasteiger partial charge on any atom is 0.416 e. The average molecular weight is 335 g/mol. The number of benzene rings is 1. The number of nitrogens with two attached hydrogens (primary N) is 1. The van der Waals surface area contributed by atoms with Crippen LogP contribution in [0.25, 0.3) is 0 Å². The number of nitrogens with one attached hydrogen (secondary N) is 2. The molecule has 1 aromatic rings. The molecular weight excluding hydrogens is 319 g/mol. The zero-order chi connectivity index (χ0) is 16.8. The molecule has 0 spiro atoms. The third-order valence-corrected chi connectivity index (χ3v) is 3.49. The van der Waals surface area contributed by atoms with Crippen molar-refractivity contribution >= 4 is 23.6 Å². The second kappa shape index (κ2) is 8.04. The first-order chi connectivity index (χ1) is 10.3. The van der Waals surface area contributed by atoms with Crippen molar-refractivity contribution < 1.29 is 22.8 Å². The normalized spacial score (nSPS) is 12.6. The number of carbonyl (C=O) groups is 2. The first-order valence-corrected chi connectivity index (χ1v) is 7.66. The SMILES string of the molecule is CSCC[C@@H](NC(=O)c1ccc(C(F)(F)F)cc1)C(=O)NN. The standard InChI is InChI=1S/C13H16F3N3O2S/c1-22-7-6-10(12(21)19-17)18-11(20)8-2-4-9(5-3-8)13(14,15)16/h2-5,10H,6-7,17H2,1H3,(H,18,20)(H,19,21)/t10-/m1/s1. The fourth-order valence-electron chi connectivity index (χ4n) is 1.66. The molecule has 1 aromatic carbocycles. The maximum absolute atomic E-state index is 12.5. The first kappa shape index (κ1) is 18.3. The van der Waals surface area contributed by atoms with Gasteiger partial charge in [-0.3, -0.25) is 15.0 Å². The minimum absolute atomic E-state index is 0.0342. The van der Waals surface area contributed by atoms with Gasteiger partial charge in [-0.15, -0.1) is 0 Å². The van der Waals surface area contributed by atoms with Gasteiger partial charge in [0, 0.05) is 5.56 Å². The van der Waals surface area contributed by atoms with Gasteiger partial charge in [0.05, 0.1) is 5.56 Å². The second-order valence-corrected chi connectivity index (χ2v) is 5.38. The molecule has 0 saturated heterocycles. The van der Waals surface area contributed by atoms with Gasteiger partial charge < -0.3 is 5.32 Å². The van der Waals surface area contributed by atoms with Crippen LogP contribution in [-0.4, -0.2) is 29.9 Å². The Balaban J connectivity index is 2.79. The molecule has 22 heavy (non-hydrogen) atoms. The van der Waals surface area contributed by atoms with Crippen LogP contribution in [0.5, 0.6) is 0 Å². The first-order valence-electron chi connectivity index (χ1n) is 6.27. The van der Waals surface area contributed by atoms with Gasteiger partial charge in [-0.2, -0.15) is 24.9 Å². The Kier molecular flexibility index (Phi) is 6.69. The van der Waals surface area contributed by atoms with E-state index in [0.29, 0.717) is 12.2 Å². The van der Waals surface area contributed by atoms with Crippen molar-refractivity contribution in [3.63, 3.8) is 0 Å². The summed E-state index contributed by atoms with van der Waals surface area (Å²) in [5, 5.41) is 2.45. The van der Waals surface area contributed by atoms with Crippen LogP contribution < -0.4 is 16.6 Å². The van der Waals surface area contributed by atoms with Crippen molar-refractivity contribution in [3.05, 3.63) is 35.4 Å². The molecule has 1 atom stereocenters. The number of halogens is 3. The molecule has 0 aliphatic carbocycles. The predicted molar refractivity (Wildman–Crippen MR) is 78.0 cm³/mol. The molecule has 0 heterocycles. The minimum Gasteiger partial charge on any atom is -0.340 e. The molecule has 0 unspecified atom stereocenters. The number of carbonyl (C=O) groups excluding carboxylic acids is 2. The van der Waals surface area contributed by atoms with E-state index in [1.165, 1.54) is 11.8 Å². The number of hydrazine groups is 1. The largest absolute Gasteiger partial charge is 0.416 e. The van der Waals surface area contributed by atoms with Crippen LogP contribution in [0.2, 0.25) is 0 Å². The molecule has 9 heteroatoms. The van der Waals surface area contributed by atoms with Crippen molar-refractivity contribution in [1.29, 1.82) is 0 Å². The van der Waals surface area contributed by atoms with Crippen LogP contribution >= 0.6 is 11.8 Å². The zero-order valence-corrected chi connectivity index (χ0v) is 12.6. The maximum atomic E-state index is 12.5. The molecule has 0 radical (unpaired) electrons. The minimum atomic E-state index is -4.46. The highest BCUT2D eigenvalue weighted by Gasteiger charge is 2.30. The lowest BCUT2D eigenvalue weighted by Gasteiger charge is -2.17. The molecule has 0 aliphatic rings. The van der Waals surface area contributed by atoms with Crippen molar-refractivity contribution in [2.45, 2.75) is 18.6 Å². The number of hydrogen-bond donors (Lipinski definition) is 3. The highest BCUT2D eigenvalue weighted by atomic mass is 32.2. The molecule has 2 amide bonds. The van der Waals surface area contributed by atoms with Crippen molar-refractivity contribution in [2.75, 3.05) is 12.0 Å². The second-order valence-electron chi connectivity index (χ2n) is 4.39. The summed E-state index contributed by atoms with van der Waals surface area (Å²) in [7, 11) is 0. The molecule has 1 rings (SSSR count). The molecule has 0 fully saturated rings. The summed E-state index contributed by atoms with van der Waals surface area (Å²) in [5.41, 5.74) is 1.14. The van der Waals surface area contributed by atoms with E-state index in [4.69, 9.17) is 5.84 Å². The smallest absolute Gasteiger partial charge is 0.340 e. The van der Waals surface area contributed by atoms with Crippen LogP contribution in [0.3, 0.4) is 0 Å². The number of hydrogen-bond acceptors (Lipinski definition) is 4. The topological polar surface area (TPSA) is 84.2 Å². The molecule has 122 valence electrons. The van der Waals surface area contributed by atoms with Crippen molar-refractivity contribution in [2.24, 2.45) is 5.84 Å². The molecule has 0 bridgehead atoms. The molecule has 4 N–H and O–H groups in total. The Morgan fingerprint density at radius 2 is 1.86 bits per heavy atom. The van der Waals surface area contributed by atoms with Gasteiger partial charge in [0.1, 0.15) is 6.04 Å². The van der Waals surface area contributed by atoms with Crippen LogP contribution in [0.15, 0.2) is 24.3 Å². The molecular formula is C13H16F3N3O2S. The van der Waals surface area contributed by atoms with Gasteiger partial charge in [-0.1, -0.05) is 0 Å². The number of alkyl halides is 3. The van der Waals surface area contributed by atoms with E-state index in [-0.39, 0.29) is 5.56 Å². The van der Waals surface area contributed by atoms with Gasteiger partial charge in [0.2, 0.25) is 0 Å². The van der Waals surface area contributed by atoms with Crippen LogP contribution in [0.4, 0.5) is 13.2 Å². The van der Waals surface area contributed by atoms with Gasteiger partial charge >= 0.3 is 6.18 Å². The third-order valence-electron chi connectivity index (χ3n) is 2.85. The van der Waals surface area contributed by atoms with E-state index in [1.54, 1.807) is 0 Å². The zero-order valence-electron chi connectivity index (χ0n) is 11.7. The van der Waals surface area contributed by atoms with E-state index in [0.717, 1.165) is 24.3 Å². The van der Waals surface area contributed by atoms with Crippen LogP contribution in [0, 0.1) is 0 Å². The number of rotatable bonds is 6. The molecule has 0 saturated carbocycles. The fraction of sp³-hybridized carbons (Fsp3) is 0.385. The lowest BCUT2D eigenvalue weighted by Crippen LogP contribution is -2.49. The van der Waals surface area contributed by atoms with Gasteiger partial charge in [-0.05, 0) is 42.7 Å². The number of amides is 2. The van der Waals surface area contributed by atoms with Crippen molar-refractivity contribution in [1.82, 2.24) is 10.7 Å². The fourth-order valence-corrected chi connectivity index (χ4v) is 2.13. The average Bonchev–Trinajstić information content (AvgIpc) is 2.49. The summed E-state index contributed by atoms with van der Waals surface area (Å²) in [5.74, 6) is 4.46. The van der Waals surface area contributed by atoms with E-state index in [1.807, 2.05) is 11.7 Å². The van der Waals surface area contributed by atoms with Gasteiger partial charge in [0.15, 0.2) is 0 Å². The van der Waals surface area contributed by atoms with E-state index >= 15 is 0 Å². The Labute approximate surface area is 129 Å². The highest BCUT2D eigenvalue weighted by Crippen LogP contribution is 2.29. The monoisotopic (exact) mass is 335 g/mol. The molecule has 0 aromatic heterocycles. The third kappa shape index (κ3) is 5.23. The van der Waals surface area contributed by atoms with Crippen LogP contribution in [-0.2, 0) is 11.0 Å². The number of thioether (sulfide) groups is 1. The molecule has 5 nitrogen and oxygen atoms in total.